The van der Waals surface area contributed by atoms with Gasteiger partial charge < -0.3 is 11.1 Å². The Hall–Kier alpha value is -1.09. The average molecular weight is 233 g/mol. The Morgan fingerprint density at radius 3 is 2.94 bits per heavy atom. The number of nitrogens with two attached hydrogens (primary N) is 1. The zero-order chi connectivity index (χ0) is 12.3. The Morgan fingerprint density at radius 2 is 2.35 bits per heavy atom. The molecular formula is C14H23N3. The lowest BCUT2D eigenvalue weighted by atomic mass is 9.91. The highest BCUT2D eigenvalue weighted by Gasteiger charge is 2.30. The van der Waals surface area contributed by atoms with E-state index in [9.17, 15) is 0 Å². The van der Waals surface area contributed by atoms with Gasteiger partial charge in [0, 0.05) is 29.7 Å². The number of hydrogen-bond acceptors (Lipinski definition) is 3. The van der Waals surface area contributed by atoms with Crippen LogP contribution in [0.3, 0.4) is 0 Å². The Bertz CT molecular complexity index is 364. The van der Waals surface area contributed by atoms with Crippen molar-refractivity contribution in [1.29, 1.82) is 0 Å². The highest BCUT2D eigenvalue weighted by atomic mass is 14.9. The molecule has 3 N–H and O–H groups in total. The van der Waals surface area contributed by atoms with Crippen LogP contribution in [-0.4, -0.2) is 11.5 Å². The molecule has 3 heteroatoms. The molecule has 0 radical (unpaired) electrons. The van der Waals surface area contributed by atoms with Gasteiger partial charge in [-0.1, -0.05) is 20.3 Å². The zero-order valence-electron chi connectivity index (χ0n) is 10.8. The number of nitrogens with one attached hydrogen (secondary N) is 1. The SMILES string of the molecule is CCNC(c1cnccc1N)C1CCC(C)C1. The van der Waals surface area contributed by atoms with Gasteiger partial charge in [-0.3, -0.25) is 4.98 Å². The van der Waals surface area contributed by atoms with Gasteiger partial charge in [0.25, 0.3) is 0 Å². The molecule has 3 unspecified atom stereocenters. The fraction of sp³-hybridized carbons (Fsp3) is 0.643. The second kappa shape index (κ2) is 5.50. The van der Waals surface area contributed by atoms with Gasteiger partial charge in [0.05, 0.1) is 0 Å². The van der Waals surface area contributed by atoms with Crippen molar-refractivity contribution < 1.29 is 0 Å². The molecule has 1 heterocycles. The number of aromatic nitrogens is 1. The zero-order valence-corrected chi connectivity index (χ0v) is 10.8. The predicted molar refractivity (Wildman–Crippen MR) is 71.6 cm³/mol. The summed E-state index contributed by atoms with van der Waals surface area (Å²) in [7, 11) is 0. The maximum absolute atomic E-state index is 6.07. The number of pyridine rings is 1. The van der Waals surface area contributed by atoms with E-state index in [4.69, 9.17) is 5.73 Å². The summed E-state index contributed by atoms with van der Waals surface area (Å²) in [6, 6.07) is 2.27. The van der Waals surface area contributed by atoms with Crippen LogP contribution in [0.5, 0.6) is 0 Å². The highest BCUT2D eigenvalue weighted by Crippen LogP contribution is 2.39. The molecule has 0 amide bonds. The van der Waals surface area contributed by atoms with Gasteiger partial charge in [-0.2, -0.15) is 0 Å². The number of rotatable bonds is 4. The normalized spacial score (nSPS) is 26.0. The number of anilines is 1. The van der Waals surface area contributed by atoms with E-state index >= 15 is 0 Å². The third-order valence-corrected chi connectivity index (χ3v) is 3.85. The summed E-state index contributed by atoms with van der Waals surface area (Å²) >= 11 is 0. The summed E-state index contributed by atoms with van der Waals surface area (Å²) in [6.07, 6.45) is 7.62. The van der Waals surface area contributed by atoms with Crippen LogP contribution in [-0.2, 0) is 0 Å². The van der Waals surface area contributed by atoms with Crippen molar-refractivity contribution in [1.82, 2.24) is 10.3 Å². The molecular weight excluding hydrogens is 210 g/mol. The van der Waals surface area contributed by atoms with E-state index in [2.05, 4.69) is 24.1 Å². The third-order valence-electron chi connectivity index (χ3n) is 3.85. The minimum atomic E-state index is 0.374. The van der Waals surface area contributed by atoms with Crippen LogP contribution >= 0.6 is 0 Å². The van der Waals surface area contributed by atoms with E-state index in [0.717, 1.165) is 18.2 Å². The van der Waals surface area contributed by atoms with E-state index in [-0.39, 0.29) is 0 Å². The minimum Gasteiger partial charge on any atom is -0.398 e. The molecule has 0 aromatic carbocycles. The van der Waals surface area contributed by atoms with Crippen LogP contribution < -0.4 is 11.1 Å². The van der Waals surface area contributed by atoms with Crippen LogP contribution in [0.15, 0.2) is 18.5 Å². The Balaban J connectivity index is 2.20. The molecule has 1 aliphatic carbocycles. The molecule has 3 atom stereocenters. The molecule has 0 spiro atoms. The predicted octanol–water partition coefficient (Wildman–Crippen LogP) is 2.75. The van der Waals surface area contributed by atoms with E-state index in [1.807, 2.05) is 12.3 Å². The monoisotopic (exact) mass is 233 g/mol. The first kappa shape index (κ1) is 12.4. The molecule has 3 nitrogen and oxygen atoms in total. The first-order chi connectivity index (χ1) is 8.22. The van der Waals surface area contributed by atoms with Crippen molar-refractivity contribution in [2.45, 2.75) is 39.2 Å². The van der Waals surface area contributed by atoms with Crippen molar-refractivity contribution in [3.63, 3.8) is 0 Å². The van der Waals surface area contributed by atoms with Crippen LogP contribution in [0, 0.1) is 11.8 Å². The smallest absolute Gasteiger partial charge is 0.0393 e. The van der Waals surface area contributed by atoms with E-state index in [1.165, 1.54) is 24.8 Å². The standard InChI is InChI=1S/C14H23N3/c1-3-17-14(11-5-4-10(2)8-11)12-9-16-7-6-13(12)15/h6-7,9-11,14,17H,3-5,8H2,1-2H3,(H2,15,16). The molecule has 0 saturated heterocycles. The summed E-state index contributed by atoms with van der Waals surface area (Å²) in [5.74, 6) is 1.55. The van der Waals surface area contributed by atoms with Gasteiger partial charge >= 0.3 is 0 Å². The molecule has 94 valence electrons. The number of nitrogen functional groups attached to an aromatic ring is 1. The lowest BCUT2D eigenvalue weighted by Crippen LogP contribution is -2.28. The Labute approximate surface area is 104 Å². The van der Waals surface area contributed by atoms with Gasteiger partial charge in [-0.25, -0.2) is 0 Å². The second-order valence-corrected chi connectivity index (χ2v) is 5.22. The molecule has 1 aromatic heterocycles. The molecule has 2 rings (SSSR count). The maximum Gasteiger partial charge on any atom is 0.0393 e. The maximum atomic E-state index is 6.07. The lowest BCUT2D eigenvalue weighted by molar-refractivity contribution is 0.365. The molecule has 1 fully saturated rings. The quantitative estimate of drug-likeness (QED) is 0.840. The summed E-state index contributed by atoms with van der Waals surface area (Å²) < 4.78 is 0. The van der Waals surface area contributed by atoms with Crippen molar-refractivity contribution in [2.24, 2.45) is 11.8 Å². The van der Waals surface area contributed by atoms with Gasteiger partial charge in [-0.15, -0.1) is 0 Å². The van der Waals surface area contributed by atoms with Crippen LogP contribution in [0.4, 0.5) is 5.69 Å². The molecule has 1 aliphatic rings. The van der Waals surface area contributed by atoms with E-state index in [0.29, 0.717) is 12.0 Å². The Kier molecular flexibility index (Phi) is 4.00. The molecule has 1 saturated carbocycles. The molecule has 0 bridgehead atoms. The van der Waals surface area contributed by atoms with Crippen LogP contribution in [0.25, 0.3) is 0 Å². The Morgan fingerprint density at radius 1 is 1.53 bits per heavy atom. The summed E-state index contributed by atoms with van der Waals surface area (Å²) in [4.78, 5) is 4.22. The summed E-state index contributed by atoms with van der Waals surface area (Å²) in [5, 5.41) is 3.58. The van der Waals surface area contributed by atoms with E-state index < -0.39 is 0 Å². The fourth-order valence-electron chi connectivity index (χ4n) is 2.98. The van der Waals surface area contributed by atoms with Crippen molar-refractivity contribution in [2.75, 3.05) is 12.3 Å². The van der Waals surface area contributed by atoms with Crippen LogP contribution in [0.2, 0.25) is 0 Å². The largest absolute Gasteiger partial charge is 0.398 e. The first-order valence-electron chi connectivity index (χ1n) is 6.65. The molecule has 1 aromatic rings. The van der Waals surface area contributed by atoms with Gasteiger partial charge in [-0.05, 0) is 37.3 Å². The summed E-state index contributed by atoms with van der Waals surface area (Å²) in [6.45, 7) is 5.47. The highest BCUT2D eigenvalue weighted by molar-refractivity contribution is 5.46. The lowest BCUT2D eigenvalue weighted by Gasteiger charge is -2.25. The van der Waals surface area contributed by atoms with Crippen molar-refractivity contribution >= 4 is 5.69 Å². The molecule has 17 heavy (non-hydrogen) atoms. The van der Waals surface area contributed by atoms with Gasteiger partial charge in [0.1, 0.15) is 0 Å². The fourth-order valence-corrected chi connectivity index (χ4v) is 2.98. The number of nitrogens with zero attached hydrogens (tertiary/aromatic N) is 1. The van der Waals surface area contributed by atoms with Gasteiger partial charge in [0.15, 0.2) is 0 Å². The van der Waals surface area contributed by atoms with E-state index in [1.54, 1.807) is 6.20 Å². The first-order valence-corrected chi connectivity index (χ1v) is 6.65. The van der Waals surface area contributed by atoms with Crippen molar-refractivity contribution in [3.05, 3.63) is 24.0 Å². The van der Waals surface area contributed by atoms with Crippen LogP contribution in [0.1, 0.15) is 44.7 Å². The third kappa shape index (κ3) is 2.78. The minimum absolute atomic E-state index is 0.374. The average Bonchev–Trinajstić information content (AvgIpc) is 2.74. The van der Waals surface area contributed by atoms with Gasteiger partial charge in [0.2, 0.25) is 0 Å². The van der Waals surface area contributed by atoms with Crippen molar-refractivity contribution in [3.8, 4) is 0 Å². The number of hydrogen-bond donors (Lipinski definition) is 2. The topological polar surface area (TPSA) is 50.9 Å². The second-order valence-electron chi connectivity index (χ2n) is 5.22. The summed E-state index contributed by atoms with van der Waals surface area (Å²) in [5.41, 5.74) is 8.11. The molecule has 0 aliphatic heterocycles.